The topological polar surface area (TPSA) is 91.1 Å². The maximum atomic E-state index is 12.8. The first-order valence-electron chi connectivity index (χ1n) is 13.7. The Morgan fingerprint density at radius 2 is 1.82 bits per heavy atom. The van der Waals surface area contributed by atoms with Crippen LogP contribution < -0.4 is 21.6 Å². The number of hydrogen-bond donors (Lipinski definition) is 4. The summed E-state index contributed by atoms with van der Waals surface area (Å²) in [5.74, 6) is -0.284. The molecule has 5 heteroatoms. The smallest absolute Gasteiger partial charge is 0.250 e. The Morgan fingerprint density at radius 1 is 1.16 bits per heavy atom. The summed E-state index contributed by atoms with van der Waals surface area (Å²) in [7, 11) is 0. The van der Waals surface area contributed by atoms with Crippen LogP contribution in [0, 0.1) is 12.3 Å². The number of carbonyl (C=O) groups excluding carboxylic acids is 1. The van der Waals surface area contributed by atoms with Crippen LogP contribution in [0.2, 0.25) is 0 Å². The predicted octanol–water partition coefficient (Wildman–Crippen LogP) is 6.40. The second kappa shape index (κ2) is 10.9. The van der Waals surface area contributed by atoms with E-state index in [1.54, 1.807) is 6.07 Å². The van der Waals surface area contributed by atoms with E-state index in [9.17, 15) is 9.90 Å². The number of H-pyrrole nitrogens is 1. The minimum absolute atomic E-state index is 0.144. The van der Waals surface area contributed by atoms with E-state index in [1.807, 2.05) is 57.2 Å². The van der Waals surface area contributed by atoms with Gasteiger partial charge < -0.3 is 21.1 Å². The van der Waals surface area contributed by atoms with Gasteiger partial charge >= 0.3 is 0 Å². The van der Waals surface area contributed by atoms with E-state index in [2.05, 4.69) is 30.7 Å². The fraction of sp³-hybridized carbons (Fsp3) is 0.364. The highest BCUT2D eigenvalue weighted by Crippen LogP contribution is 2.50. The standard InChI is InChI=1S/C30H35N3O2.C3H6/c1-7-17(2)26-27-19(4)25(34)13-12-24(27)33-28(26)22(29(31)35)16-18(3)21-10-8-9-11-23(21)32-20(5)30(6)14-15-30;1-2-3-1/h8-13,16,32-34H,5,7,14-15H2,1-4,6H3,(H2,31,35);1-3H2/b18-16+,26-17+,28-22-;. The van der Waals surface area contributed by atoms with Gasteiger partial charge in [0.1, 0.15) is 5.75 Å². The number of benzene rings is 2. The van der Waals surface area contributed by atoms with Gasteiger partial charge in [-0.1, -0.05) is 63.5 Å². The highest BCUT2D eigenvalue weighted by Gasteiger charge is 2.40. The molecule has 5 N–H and O–H groups in total. The van der Waals surface area contributed by atoms with Crippen molar-refractivity contribution in [2.45, 2.75) is 73.1 Å². The number of carbonyl (C=O) groups is 1. The highest BCUT2D eigenvalue weighted by atomic mass is 16.3. The second-order valence-electron chi connectivity index (χ2n) is 11.0. The Labute approximate surface area is 225 Å². The predicted molar refractivity (Wildman–Crippen MR) is 160 cm³/mol. The number of nitrogens with two attached hydrogens (primary N) is 1. The molecule has 0 saturated heterocycles. The average Bonchev–Trinajstić information content (AvgIpc) is 3.84. The first-order chi connectivity index (χ1) is 18.1. The lowest BCUT2D eigenvalue weighted by atomic mass is 9.99. The summed E-state index contributed by atoms with van der Waals surface area (Å²) in [6.07, 6.45) is 9.44. The molecule has 2 saturated carbocycles. The Hall–Kier alpha value is -3.73. The molecule has 3 aromatic rings. The zero-order valence-electron chi connectivity index (χ0n) is 23.4. The van der Waals surface area contributed by atoms with E-state index in [4.69, 9.17) is 5.73 Å². The molecule has 2 aliphatic carbocycles. The van der Waals surface area contributed by atoms with Gasteiger partial charge in [-0.05, 0) is 69.9 Å². The number of amides is 1. The number of para-hydroxylation sites is 1. The van der Waals surface area contributed by atoms with Crippen molar-refractivity contribution in [2.24, 2.45) is 11.1 Å². The Morgan fingerprint density at radius 3 is 2.39 bits per heavy atom. The van der Waals surface area contributed by atoms with Crippen molar-refractivity contribution in [2.75, 3.05) is 5.32 Å². The molecule has 1 aromatic heterocycles. The molecule has 0 radical (unpaired) electrons. The summed E-state index contributed by atoms with van der Waals surface area (Å²) in [6, 6.07) is 11.6. The number of hydrogen-bond acceptors (Lipinski definition) is 3. The summed E-state index contributed by atoms with van der Waals surface area (Å²) < 4.78 is 0. The molecule has 2 fully saturated rings. The minimum atomic E-state index is -0.511. The van der Waals surface area contributed by atoms with Crippen molar-refractivity contribution >= 4 is 39.2 Å². The molecule has 0 atom stereocenters. The Balaban J connectivity index is 0.00000105. The van der Waals surface area contributed by atoms with Crippen LogP contribution in [-0.4, -0.2) is 16.0 Å². The van der Waals surface area contributed by atoms with Crippen molar-refractivity contribution in [1.29, 1.82) is 0 Å². The van der Waals surface area contributed by atoms with Gasteiger partial charge in [-0.15, -0.1) is 0 Å². The SMILES string of the molecule is C1CC1.C=C(Nc1ccccc1/C(C)=C/C(C(N)=O)=c1/[nH]c2ccc(O)c(C)c2/c1=C(/C)CC)C1(C)CC1. The average molecular weight is 512 g/mol. The molecule has 5 nitrogen and oxygen atoms in total. The van der Waals surface area contributed by atoms with Crippen LogP contribution in [-0.2, 0) is 4.79 Å². The van der Waals surface area contributed by atoms with Gasteiger partial charge in [0.25, 0.3) is 5.91 Å². The van der Waals surface area contributed by atoms with Crippen molar-refractivity contribution in [1.82, 2.24) is 4.98 Å². The molecule has 5 rings (SSSR count). The maximum absolute atomic E-state index is 12.8. The van der Waals surface area contributed by atoms with Crippen LogP contribution in [0.4, 0.5) is 5.69 Å². The number of nitrogens with one attached hydrogen (secondary N) is 2. The summed E-state index contributed by atoms with van der Waals surface area (Å²) in [5, 5.41) is 16.4. The highest BCUT2D eigenvalue weighted by molar-refractivity contribution is 6.18. The van der Waals surface area contributed by atoms with Crippen LogP contribution in [0.15, 0.2) is 54.8 Å². The molecule has 1 amide bonds. The number of aromatic hydroxyl groups is 1. The lowest BCUT2D eigenvalue weighted by Gasteiger charge is -2.18. The molecule has 2 aromatic carbocycles. The Kier molecular flexibility index (Phi) is 7.86. The molecule has 2 aliphatic rings. The summed E-state index contributed by atoms with van der Waals surface area (Å²) in [5.41, 5.74) is 13.1. The third kappa shape index (κ3) is 5.72. The van der Waals surface area contributed by atoms with Crippen LogP contribution in [0.1, 0.15) is 77.3 Å². The van der Waals surface area contributed by atoms with Crippen LogP contribution in [0.25, 0.3) is 27.6 Å². The zero-order valence-corrected chi connectivity index (χ0v) is 23.4. The molecule has 38 heavy (non-hydrogen) atoms. The molecular formula is C33H41N3O2. The molecule has 0 spiro atoms. The number of anilines is 1. The number of fused-ring (bicyclic) bond motifs is 1. The van der Waals surface area contributed by atoms with Gasteiger partial charge in [0, 0.05) is 44.0 Å². The normalized spacial score (nSPS) is 17.2. The third-order valence-electron chi connectivity index (χ3n) is 7.77. The van der Waals surface area contributed by atoms with Crippen LogP contribution in [0.3, 0.4) is 0 Å². The number of phenolic OH excluding ortho intramolecular Hbond substituents is 1. The summed E-state index contributed by atoms with van der Waals surface area (Å²) in [4.78, 5) is 16.2. The van der Waals surface area contributed by atoms with E-state index in [0.29, 0.717) is 10.9 Å². The number of aromatic amines is 1. The zero-order chi connectivity index (χ0) is 27.6. The van der Waals surface area contributed by atoms with Gasteiger partial charge in [-0.2, -0.15) is 0 Å². The molecule has 0 bridgehead atoms. The largest absolute Gasteiger partial charge is 0.508 e. The van der Waals surface area contributed by atoms with E-state index < -0.39 is 5.91 Å². The van der Waals surface area contributed by atoms with Gasteiger partial charge in [0.2, 0.25) is 0 Å². The first kappa shape index (κ1) is 27.3. The summed E-state index contributed by atoms with van der Waals surface area (Å²) >= 11 is 0. The molecule has 0 aliphatic heterocycles. The number of rotatable bonds is 7. The number of aromatic nitrogens is 1. The number of primary amides is 1. The molecule has 1 heterocycles. The quantitative estimate of drug-likeness (QED) is 0.296. The van der Waals surface area contributed by atoms with Gasteiger partial charge in [-0.3, -0.25) is 4.79 Å². The Bertz CT molecular complexity index is 1550. The number of allylic oxidation sites excluding steroid dienone is 2. The van der Waals surface area contributed by atoms with E-state index >= 15 is 0 Å². The van der Waals surface area contributed by atoms with Crippen molar-refractivity contribution in [3.8, 4) is 5.75 Å². The molecule has 0 unspecified atom stereocenters. The van der Waals surface area contributed by atoms with Crippen molar-refractivity contribution in [3.63, 3.8) is 0 Å². The second-order valence-corrected chi connectivity index (χ2v) is 11.0. The molecular weight excluding hydrogens is 470 g/mol. The molecule has 200 valence electrons. The fourth-order valence-electron chi connectivity index (χ4n) is 4.55. The maximum Gasteiger partial charge on any atom is 0.250 e. The minimum Gasteiger partial charge on any atom is -0.508 e. The van der Waals surface area contributed by atoms with E-state index in [1.165, 1.54) is 19.3 Å². The fourth-order valence-corrected chi connectivity index (χ4v) is 4.55. The third-order valence-corrected chi connectivity index (χ3v) is 7.77. The van der Waals surface area contributed by atoms with Crippen molar-refractivity contribution in [3.05, 3.63) is 76.4 Å². The van der Waals surface area contributed by atoms with Gasteiger partial charge in [0.15, 0.2) is 0 Å². The van der Waals surface area contributed by atoms with Crippen molar-refractivity contribution < 1.29 is 9.90 Å². The monoisotopic (exact) mass is 511 g/mol. The lowest BCUT2D eigenvalue weighted by molar-refractivity contribution is -0.112. The van der Waals surface area contributed by atoms with E-state index in [-0.39, 0.29) is 11.2 Å². The van der Waals surface area contributed by atoms with Gasteiger partial charge in [-0.25, -0.2) is 0 Å². The van der Waals surface area contributed by atoms with Crippen LogP contribution >= 0.6 is 0 Å². The first-order valence-corrected chi connectivity index (χ1v) is 13.7. The summed E-state index contributed by atoms with van der Waals surface area (Å²) in [6.45, 7) is 14.5. The number of aryl methyl sites for hydroxylation is 1. The number of phenols is 1. The van der Waals surface area contributed by atoms with Gasteiger partial charge in [0.05, 0.1) is 10.9 Å². The lowest BCUT2D eigenvalue weighted by Crippen LogP contribution is -2.32. The van der Waals surface area contributed by atoms with Crippen LogP contribution in [0.5, 0.6) is 5.75 Å². The van der Waals surface area contributed by atoms with E-state index in [0.717, 1.165) is 69.0 Å².